The molecular weight excluding hydrogens is 520 g/mol. The number of hydrogen-bond donors (Lipinski definition) is 2. The fourth-order valence-electron chi connectivity index (χ4n) is 4.10. The van der Waals surface area contributed by atoms with Gasteiger partial charge in [-0.05, 0) is 89.4 Å². The predicted octanol–water partition coefficient (Wildman–Crippen LogP) is 6.15. The fraction of sp³-hybridized carbons (Fsp3) is 0.483. The van der Waals surface area contributed by atoms with E-state index in [1.807, 2.05) is 58.0 Å². The number of hydrogen-bond acceptors (Lipinski definition) is 6. The van der Waals surface area contributed by atoms with E-state index in [4.69, 9.17) is 21.1 Å². The number of aryl methyl sites for hydroxylation is 1. The smallest absolute Gasteiger partial charge is 0.331 e. The summed E-state index contributed by atoms with van der Waals surface area (Å²) in [6.07, 6.45) is -0.393. The number of halogens is 1. The molecule has 2 N–H and O–H groups in total. The van der Waals surface area contributed by atoms with Crippen molar-refractivity contribution in [2.24, 2.45) is 5.92 Å². The van der Waals surface area contributed by atoms with Crippen molar-refractivity contribution in [3.63, 3.8) is 0 Å². The largest absolute Gasteiger partial charge is 0.491 e. The van der Waals surface area contributed by atoms with E-state index in [0.717, 1.165) is 21.8 Å². The molecule has 0 radical (unpaired) electrons. The SMILES string of the molecule is CCC(CN1C(=O)NC(Nc2ccc(OC(C)C)c(C)c2)N(Cc2ccc(Cl)cc2)C1=O)C(=O)OC(C)(C)C. The first-order chi connectivity index (χ1) is 18.3. The Balaban J connectivity index is 1.86. The zero-order chi connectivity index (χ0) is 28.9. The van der Waals surface area contributed by atoms with Crippen molar-refractivity contribution < 1.29 is 23.9 Å². The Morgan fingerprint density at radius 3 is 2.36 bits per heavy atom. The normalized spacial score (nSPS) is 16.7. The molecule has 1 saturated heterocycles. The molecule has 1 aliphatic heterocycles. The van der Waals surface area contributed by atoms with E-state index in [-0.39, 0.29) is 19.2 Å². The number of nitrogens with zero attached hydrogens (tertiary/aromatic N) is 2. The molecular formula is C29H39ClN4O5. The standard InChI is InChI=1S/C29H39ClN4O5/c1-8-21(25(35)39-29(5,6)7)17-34-27(36)32-26(31-23-13-14-24(19(4)15-23)38-18(2)3)33(28(34)37)16-20-9-11-22(30)12-10-20/h9-15,18,21,26,31H,8,16-17H2,1-7H3,(H,32,36). The van der Waals surface area contributed by atoms with Gasteiger partial charge in [-0.1, -0.05) is 30.7 Å². The van der Waals surface area contributed by atoms with E-state index in [9.17, 15) is 14.4 Å². The van der Waals surface area contributed by atoms with Gasteiger partial charge >= 0.3 is 18.0 Å². The zero-order valence-corrected chi connectivity index (χ0v) is 24.5. The Kier molecular flexibility index (Phi) is 9.72. The van der Waals surface area contributed by atoms with E-state index in [0.29, 0.717) is 17.1 Å². The lowest BCUT2D eigenvalue weighted by molar-refractivity contribution is -0.160. The van der Waals surface area contributed by atoms with E-state index in [2.05, 4.69) is 10.6 Å². The summed E-state index contributed by atoms with van der Waals surface area (Å²) < 4.78 is 11.4. The quantitative estimate of drug-likeness (QED) is 0.339. The van der Waals surface area contributed by atoms with Gasteiger partial charge in [-0.2, -0.15) is 0 Å². The molecule has 10 heteroatoms. The lowest BCUT2D eigenvalue weighted by Crippen LogP contribution is -2.67. The molecule has 1 fully saturated rings. The van der Waals surface area contributed by atoms with Crippen LogP contribution in [0.4, 0.5) is 15.3 Å². The van der Waals surface area contributed by atoms with Gasteiger partial charge in [-0.3, -0.25) is 15.0 Å². The van der Waals surface area contributed by atoms with Crippen molar-refractivity contribution in [2.75, 3.05) is 11.9 Å². The molecule has 3 rings (SSSR count). The molecule has 2 aromatic rings. The molecule has 4 amide bonds. The topological polar surface area (TPSA) is 100 Å². The minimum absolute atomic E-state index is 0.0336. The molecule has 1 heterocycles. The van der Waals surface area contributed by atoms with Gasteiger partial charge in [-0.25, -0.2) is 14.5 Å². The molecule has 0 aromatic heterocycles. The summed E-state index contributed by atoms with van der Waals surface area (Å²) in [5, 5.41) is 6.72. The number of imide groups is 1. The zero-order valence-electron chi connectivity index (χ0n) is 23.7. The van der Waals surface area contributed by atoms with Crippen molar-refractivity contribution in [1.82, 2.24) is 15.1 Å². The highest BCUT2D eigenvalue weighted by Crippen LogP contribution is 2.26. The van der Waals surface area contributed by atoms with Gasteiger partial charge in [0.05, 0.1) is 18.6 Å². The third-order valence-corrected chi connectivity index (χ3v) is 6.29. The molecule has 0 aliphatic carbocycles. The van der Waals surface area contributed by atoms with Gasteiger partial charge in [0, 0.05) is 17.3 Å². The van der Waals surface area contributed by atoms with E-state index in [1.54, 1.807) is 32.9 Å². The number of esters is 1. The molecule has 9 nitrogen and oxygen atoms in total. The maximum Gasteiger partial charge on any atom is 0.331 e. The summed E-state index contributed by atoms with van der Waals surface area (Å²) in [7, 11) is 0. The molecule has 39 heavy (non-hydrogen) atoms. The Hall–Kier alpha value is -3.46. The minimum atomic E-state index is -0.838. The molecule has 2 atom stereocenters. The second kappa shape index (κ2) is 12.6. The van der Waals surface area contributed by atoms with Gasteiger partial charge in [-0.15, -0.1) is 0 Å². The summed E-state index contributed by atoms with van der Waals surface area (Å²) in [6.45, 7) is 13.1. The molecule has 0 spiro atoms. The molecule has 1 aliphatic rings. The van der Waals surface area contributed by atoms with E-state index in [1.165, 1.54) is 4.90 Å². The average Bonchev–Trinajstić information content (AvgIpc) is 2.83. The van der Waals surface area contributed by atoms with Crippen LogP contribution < -0.4 is 15.4 Å². The summed E-state index contributed by atoms with van der Waals surface area (Å²) in [5.41, 5.74) is 1.77. The monoisotopic (exact) mass is 558 g/mol. The maximum atomic E-state index is 13.8. The fourth-order valence-corrected chi connectivity index (χ4v) is 4.23. The van der Waals surface area contributed by atoms with Crippen LogP contribution in [0.25, 0.3) is 0 Å². The minimum Gasteiger partial charge on any atom is -0.491 e. The van der Waals surface area contributed by atoms with Crippen molar-refractivity contribution in [3.8, 4) is 5.75 Å². The highest BCUT2D eigenvalue weighted by atomic mass is 35.5. The van der Waals surface area contributed by atoms with Crippen molar-refractivity contribution in [2.45, 2.75) is 79.4 Å². The Morgan fingerprint density at radius 1 is 1.13 bits per heavy atom. The molecule has 0 bridgehead atoms. The van der Waals surface area contributed by atoms with Crippen LogP contribution in [0.15, 0.2) is 42.5 Å². The predicted molar refractivity (Wildman–Crippen MR) is 152 cm³/mol. The van der Waals surface area contributed by atoms with Gasteiger partial charge in [0.1, 0.15) is 11.4 Å². The van der Waals surface area contributed by atoms with Crippen LogP contribution in [0.5, 0.6) is 5.75 Å². The number of carbonyl (C=O) groups is 3. The number of urea groups is 2. The number of benzene rings is 2. The van der Waals surface area contributed by atoms with Crippen LogP contribution in [-0.2, 0) is 16.1 Å². The summed E-state index contributed by atoms with van der Waals surface area (Å²) in [4.78, 5) is 42.3. The summed E-state index contributed by atoms with van der Waals surface area (Å²) in [6, 6.07) is 11.6. The number of anilines is 1. The lowest BCUT2D eigenvalue weighted by Gasteiger charge is -2.42. The molecule has 2 unspecified atom stereocenters. The number of ether oxygens (including phenoxy) is 2. The summed E-state index contributed by atoms with van der Waals surface area (Å²) >= 11 is 6.06. The number of amides is 4. The highest BCUT2D eigenvalue weighted by Gasteiger charge is 2.40. The second-order valence-corrected chi connectivity index (χ2v) is 11.4. The number of rotatable bonds is 10. The van der Waals surface area contributed by atoms with E-state index >= 15 is 0 Å². The van der Waals surface area contributed by atoms with Crippen LogP contribution in [-0.4, -0.2) is 52.4 Å². The van der Waals surface area contributed by atoms with Crippen molar-refractivity contribution in [1.29, 1.82) is 0 Å². The molecule has 2 aromatic carbocycles. The maximum absolute atomic E-state index is 13.8. The highest BCUT2D eigenvalue weighted by molar-refractivity contribution is 6.30. The van der Waals surface area contributed by atoms with Gasteiger partial charge in [0.25, 0.3) is 0 Å². The second-order valence-electron chi connectivity index (χ2n) is 10.9. The van der Waals surface area contributed by atoms with Gasteiger partial charge < -0.3 is 14.8 Å². The van der Waals surface area contributed by atoms with E-state index < -0.39 is 35.8 Å². The first kappa shape index (κ1) is 30.1. The van der Waals surface area contributed by atoms with Crippen molar-refractivity contribution >= 4 is 35.3 Å². The third kappa shape index (κ3) is 8.26. The average molecular weight is 559 g/mol. The Labute approximate surface area is 235 Å². The molecule has 0 saturated carbocycles. The van der Waals surface area contributed by atoms with Crippen LogP contribution in [0, 0.1) is 12.8 Å². The van der Waals surface area contributed by atoms with Gasteiger partial charge in [0.2, 0.25) is 0 Å². The Bertz CT molecular complexity index is 1180. The first-order valence-corrected chi connectivity index (χ1v) is 13.5. The summed E-state index contributed by atoms with van der Waals surface area (Å²) in [5.74, 6) is -0.345. The van der Waals surface area contributed by atoms with Crippen LogP contribution in [0.2, 0.25) is 5.02 Å². The third-order valence-electron chi connectivity index (χ3n) is 6.04. The van der Waals surface area contributed by atoms with Crippen LogP contribution in [0.3, 0.4) is 0 Å². The number of nitrogens with one attached hydrogen (secondary N) is 2. The van der Waals surface area contributed by atoms with Crippen molar-refractivity contribution in [3.05, 3.63) is 58.6 Å². The van der Waals surface area contributed by atoms with Crippen LogP contribution in [0.1, 0.15) is 59.1 Å². The molecule has 212 valence electrons. The van der Waals surface area contributed by atoms with Crippen LogP contribution >= 0.6 is 11.6 Å². The van der Waals surface area contributed by atoms with Gasteiger partial charge in [0.15, 0.2) is 6.29 Å². The first-order valence-electron chi connectivity index (χ1n) is 13.2. The lowest BCUT2D eigenvalue weighted by atomic mass is 10.1. The Morgan fingerprint density at radius 2 is 1.79 bits per heavy atom. The number of carbonyl (C=O) groups excluding carboxylic acids is 3.